The number of nitrogens with zero attached hydrogens (tertiary/aromatic N) is 5. The van der Waals surface area contributed by atoms with Crippen molar-refractivity contribution < 1.29 is 8.83 Å². The Kier molecular flexibility index (Phi) is 7.37. The first kappa shape index (κ1) is 25.6. The highest BCUT2D eigenvalue weighted by molar-refractivity contribution is 6.31. The van der Waals surface area contributed by atoms with Gasteiger partial charge in [0.1, 0.15) is 22.0 Å². The Hall–Kier alpha value is -3.65. The lowest BCUT2D eigenvalue weighted by Crippen LogP contribution is -2.29. The van der Waals surface area contributed by atoms with Crippen LogP contribution in [-0.2, 0) is 0 Å². The third-order valence-corrected chi connectivity index (χ3v) is 6.97. The van der Waals surface area contributed by atoms with E-state index in [-0.39, 0.29) is 0 Å². The molecule has 1 aliphatic rings. The SMILES string of the molecule is Clc1cccc(-c2nc3ccc(Cl)nc3o2)c1.Clc1cccc(-c2nc3ccc(N4CCCCC4)nc3o2)c1. The molecule has 0 bridgehead atoms. The summed E-state index contributed by atoms with van der Waals surface area (Å²) in [5.74, 6) is 2.01. The Balaban J connectivity index is 0.000000147. The zero-order valence-electron chi connectivity index (χ0n) is 20.7. The van der Waals surface area contributed by atoms with Gasteiger partial charge in [-0.05, 0) is 79.9 Å². The maximum atomic E-state index is 6.03. The smallest absolute Gasteiger partial charge is 0.249 e. The van der Waals surface area contributed by atoms with Crippen molar-refractivity contribution in [1.29, 1.82) is 0 Å². The van der Waals surface area contributed by atoms with Gasteiger partial charge in [0.05, 0.1) is 0 Å². The minimum absolute atomic E-state index is 0.381. The number of fused-ring (bicyclic) bond motifs is 2. The van der Waals surface area contributed by atoms with Gasteiger partial charge in [-0.3, -0.25) is 0 Å². The van der Waals surface area contributed by atoms with Gasteiger partial charge in [0.2, 0.25) is 23.2 Å². The molecule has 1 saturated heterocycles. The van der Waals surface area contributed by atoms with Gasteiger partial charge >= 0.3 is 0 Å². The lowest BCUT2D eigenvalue weighted by Gasteiger charge is -2.27. The summed E-state index contributed by atoms with van der Waals surface area (Å²) in [6, 6.07) is 22.2. The number of piperidine rings is 1. The van der Waals surface area contributed by atoms with Crippen LogP contribution in [0.2, 0.25) is 15.2 Å². The standard InChI is InChI=1S/C17H16ClN3O.C12H6Cl2N2O/c18-13-6-4-5-12(11-13)16-19-14-7-8-15(20-17(14)22-16)21-9-2-1-3-10-21;13-8-3-1-2-7(6-8)11-15-9-4-5-10(14)16-12(9)17-11/h4-8,11H,1-3,9-10H2;1-6H. The number of oxazole rings is 2. The Morgan fingerprint density at radius 3 is 1.74 bits per heavy atom. The van der Waals surface area contributed by atoms with E-state index in [1.807, 2.05) is 48.5 Å². The fourth-order valence-corrected chi connectivity index (χ4v) is 4.91. The van der Waals surface area contributed by atoms with Crippen molar-refractivity contribution in [3.63, 3.8) is 0 Å². The minimum atomic E-state index is 0.381. The van der Waals surface area contributed by atoms with E-state index in [1.54, 1.807) is 24.3 Å². The van der Waals surface area contributed by atoms with Crippen LogP contribution in [0.4, 0.5) is 5.82 Å². The number of halogens is 3. The highest BCUT2D eigenvalue weighted by atomic mass is 35.5. The number of benzene rings is 2. The molecule has 0 spiro atoms. The van der Waals surface area contributed by atoms with Crippen molar-refractivity contribution in [2.75, 3.05) is 18.0 Å². The second kappa shape index (κ2) is 11.2. The molecule has 0 saturated carbocycles. The molecule has 1 fully saturated rings. The lowest BCUT2D eigenvalue weighted by molar-refractivity contribution is 0.569. The van der Waals surface area contributed by atoms with Crippen LogP contribution < -0.4 is 4.90 Å². The normalized spacial score (nSPS) is 13.5. The molecule has 1 aliphatic heterocycles. The first-order valence-corrected chi connectivity index (χ1v) is 13.6. The summed E-state index contributed by atoms with van der Waals surface area (Å²) < 4.78 is 11.4. The minimum Gasteiger partial charge on any atom is -0.418 e. The van der Waals surface area contributed by atoms with Gasteiger partial charge in [0.25, 0.3) is 0 Å². The highest BCUT2D eigenvalue weighted by Gasteiger charge is 2.15. The molecular weight excluding hydrogens is 557 g/mol. The van der Waals surface area contributed by atoms with Crippen molar-refractivity contribution in [1.82, 2.24) is 19.9 Å². The van der Waals surface area contributed by atoms with Crippen LogP contribution >= 0.6 is 34.8 Å². The molecular formula is C29H22Cl3N5O2. The van der Waals surface area contributed by atoms with Crippen LogP contribution in [-0.4, -0.2) is 33.0 Å². The van der Waals surface area contributed by atoms with Crippen molar-refractivity contribution in [2.24, 2.45) is 0 Å². The molecule has 0 atom stereocenters. The molecule has 0 amide bonds. The number of hydrogen-bond acceptors (Lipinski definition) is 7. The summed E-state index contributed by atoms with van der Waals surface area (Å²) >= 11 is 17.7. The van der Waals surface area contributed by atoms with Gasteiger partial charge in [-0.25, -0.2) is 9.97 Å². The largest absolute Gasteiger partial charge is 0.418 e. The van der Waals surface area contributed by atoms with Crippen LogP contribution in [0.5, 0.6) is 0 Å². The Bertz CT molecular complexity index is 1760. The molecule has 10 heteroatoms. The first-order chi connectivity index (χ1) is 19.0. The summed E-state index contributed by atoms with van der Waals surface area (Å²) in [6.07, 6.45) is 3.76. The molecule has 7 rings (SSSR count). The molecule has 0 radical (unpaired) electrons. The maximum Gasteiger partial charge on any atom is 0.249 e. The first-order valence-electron chi connectivity index (χ1n) is 12.5. The van der Waals surface area contributed by atoms with E-state index in [0.717, 1.165) is 35.6 Å². The third kappa shape index (κ3) is 5.86. The molecule has 39 heavy (non-hydrogen) atoms. The molecule has 0 N–H and O–H groups in total. The zero-order valence-corrected chi connectivity index (χ0v) is 22.9. The number of pyridine rings is 2. The fourth-order valence-electron chi connectivity index (χ4n) is 4.39. The monoisotopic (exact) mass is 577 g/mol. The van der Waals surface area contributed by atoms with E-state index in [4.69, 9.17) is 43.6 Å². The van der Waals surface area contributed by atoms with Gasteiger partial charge < -0.3 is 13.7 Å². The molecule has 5 heterocycles. The van der Waals surface area contributed by atoms with Crippen LogP contribution in [0.25, 0.3) is 45.4 Å². The average Bonchev–Trinajstić information content (AvgIpc) is 3.58. The van der Waals surface area contributed by atoms with Crippen LogP contribution in [0.15, 0.2) is 81.6 Å². The number of hydrogen-bond donors (Lipinski definition) is 0. The Morgan fingerprint density at radius 2 is 1.15 bits per heavy atom. The van der Waals surface area contributed by atoms with E-state index in [1.165, 1.54) is 19.3 Å². The predicted molar refractivity (Wildman–Crippen MR) is 156 cm³/mol. The zero-order chi connectivity index (χ0) is 26.8. The Morgan fingerprint density at radius 1 is 0.590 bits per heavy atom. The van der Waals surface area contributed by atoms with Gasteiger partial charge in [-0.15, -0.1) is 0 Å². The van der Waals surface area contributed by atoms with E-state index in [0.29, 0.717) is 43.9 Å². The van der Waals surface area contributed by atoms with Crippen molar-refractivity contribution in [3.05, 3.63) is 88.0 Å². The van der Waals surface area contributed by atoms with Gasteiger partial charge in [-0.2, -0.15) is 9.97 Å². The molecule has 7 nitrogen and oxygen atoms in total. The van der Waals surface area contributed by atoms with Gasteiger partial charge in [0.15, 0.2) is 0 Å². The molecule has 0 unspecified atom stereocenters. The Labute approximate surface area is 239 Å². The van der Waals surface area contributed by atoms with Gasteiger partial charge in [0, 0.05) is 34.3 Å². The summed E-state index contributed by atoms with van der Waals surface area (Å²) in [4.78, 5) is 19.8. The summed E-state index contributed by atoms with van der Waals surface area (Å²) in [6.45, 7) is 2.13. The number of aromatic nitrogens is 4. The molecule has 6 aromatic rings. The van der Waals surface area contributed by atoms with E-state index in [9.17, 15) is 0 Å². The molecule has 0 aliphatic carbocycles. The average molecular weight is 579 g/mol. The second-order valence-electron chi connectivity index (χ2n) is 9.06. The van der Waals surface area contributed by atoms with Crippen LogP contribution in [0.3, 0.4) is 0 Å². The summed E-state index contributed by atoms with van der Waals surface area (Å²) in [7, 11) is 0. The third-order valence-electron chi connectivity index (χ3n) is 6.29. The van der Waals surface area contributed by atoms with Crippen LogP contribution in [0, 0.1) is 0 Å². The molecule has 2 aromatic carbocycles. The predicted octanol–water partition coefficient (Wildman–Crippen LogP) is 8.73. The second-order valence-corrected chi connectivity index (χ2v) is 10.3. The number of anilines is 1. The fraction of sp³-hybridized carbons (Fsp3) is 0.172. The van der Waals surface area contributed by atoms with Crippen molar-refractivity contribution in [2.45, 2.75) is 19.3 Å². The van der Waals surface area contributed by atoms with Crippen molar-refractivity contribution >= 4 is 63.1 Å². The summed E-state index contributed by atoms with van der Waals surface area (Å²) in [5, 5.41) is 1.68. The molecule has 4 aromatic heterocycles. The van der Waals surface area contributed by atoms with E-state index < -0.39 is 0 Å². The van der Waals surface area contributed by atoms with E-state index in [2.05, 4.69) is 24.8 Å². The highest BCUT2D eigenvalue weighted by Crippen LogP contribution is 2.28. The molecule has 196 valence electrons. The topological polar surface area (TPSA) is 81.1 Å². The van der Waals surface area contributed by atoms with Crippen molar-refractivity contribution in [3.8, 4) is 22.9 Å². The quantitative estimate of drug-likeness (QED) is 0.194. The summed E-state index contributed by atoms with van der Waals surface area (Å²) in [5.41, 5.74) is 4.13. The number of rotatable bonds is 3. The maximum absolute atomic E-state index is 6.03. The van der Waals surface area contributed by atoms with E-state index >= 15 is 0 Å². The lowest BCUT2D eigenvalue weighted by atomic mass is 10.1. The van der Waals surface area contributed by atoms with Crippen LogP contribution in [0.1, 0.15) is 19.3 Å². The van der Waals surface area contributed by atoms with Gasteiger partial charge in [-0.1, -0.05) is 46.9 Å².